The summed E-state index contributed by atoms with van der Waals surface area (Å²) in [6.45, 7) is 6.39. The van der Waals surface area contributed by atoms with Crippen molar-refractivity contribution < 1.29 is 14.3 Å². The zero-order chi connectivity index (χ0) is 22.2. The topological polar surface area (TPSA) is 79.8 Å². The maximum absolute atomic E-state index is 12.2. The van der Waals surface area contributed by atoms with E-state index in [-0.39, 0.29) is 24.7 Å². The minimum Gasteiger partial charge on any atom is -0.493 e. The zero-order valence-corrected chi connectivity index (χ0v) is 18.1. The molecule has 6 heteroatoms. The van der Waals surface area contributed by atoms with Crippen LogP contribution in [0.1, 0.15) is 36.5 Å². The van der Waals surface area contributed by atoms with Gasteiger partial charge >= 0.3 is 0 Å². The maximum Gasteiger partial charge on any atom is 0.240 e. The van der Waals surface area contributed by atoms with Crippen LogP contribution >= 0.6 is 0 Å². The zero-order valence-electron chi connectivity index (χ0n) is 18.1. The number of carbonyl (C=O) groups is 2. The van der Waals surface area contributed by atoms with E-state index in [1.165, 1.54) is 0 Å². The summed E-state index contributed by atoms with van der Waals surface area (Å²) in [5.41, 5.74) is 6.19. The molecule has 0 atom stereocenters. The lowest BCUT2D eigenvalue weighted by molar-refractivity contribution is -0.124. The molecular weight excluding hydrogens is 390 g/mol. The Bertz CT molecular complexity index is 1120. The fourth-order valence-electron chi connectivity index (χ4n) is 3.24. The molecule has 0 bridgehead atoms. The van der Waals surface area contributed by atoms with Gasteiger partial charge in [-0.05, 0) is 54.8 Å². The third-order valence-electron chi connectivity index (χ3n) is 5.07. The van der Waals surface area contributed by atoms with Crippen molar-refractivity contribution in [2.45, 2.75) is 33.6 Å². The van der Waals surface area contributed by atoms with E-state index in [0.717, 1.165) is 33.2 Å². The standard InChI is InChI=1S/C25H27N3O3/c1-4-31-23-13-12-19-9-5-6-10-20(19)21(23)16-26-28-25(30)15-14-24(29)27-22-11-7-8-17(2)18(22)3/h5-13,16H,4,14-15H2,1-3H3,(H,27,29)(H,28,30). The van der Waals surface area contributed by atoms with Gasteiger partial charge < -0.3 is 10.1 Å². The van der Waals surface area contributed by atoms with Crippen molar-refractivity contribution >= 4 is 34.5 Å². The van der Waals surface area contributed by atoms with Gasteiger partial charge in [-0.1, -0.05) is 42.5 Å². The third kappa shape index (κ3) is 5.69. The molecule has 31 heavy (non-hydrogen) atoms. The predicted octanol–water partition coefficient (Wildman–Crippen LogP) is 4.72. The molecule has 0 spiro atoms. The van der Waals surface area contributed by atoms with E-state index in [4.69, 9.17) is 4.74 Å². The summed E-state index contributed by atoms with van der Waals surface area (Å²) < 4.78 is 5.70. The average Bonchev–Trinajstić information content (AvgIpc) is 2.77. The first kappa shape index (κ1) is 22.0. The summed E-state index contributed by atoms with van der Waals surface area (Å²) in [6, 6.07) is 17.5. The van der Waals surface area contributed by atoms with Crippen LogP contribution in [0.5, 0.6) is 5.75 Å². The monoisotopic (exact) mass is 417 g/mol. The third-order valence-corrected chi connectivity index (χ3v) is 5.07. The lowest BCUT2D eigenvalue weighted by Crippen LogP contribution is -2.21. The summed E-state index contributed by atoms with van der Waals surface area (Å²) in [5, 5.41) is 8.98. The predicted molar refractivity (Wildman–Crippen MR) is 125 cm³/mol. The number of benzene rings is 3. The quantitative estimate of drug-likeness (QED) is 0.411. The van der Waals surface area contributed by atoms with Crippen LogP contribution in [0.4, 0.5) is 5.69 Å². The number of aryl methyl sites for hydroxylation is 1. The SMILES string of the molecule is CCOc1ccc2ccccc2c1C=NNC(=O)CCC(=O)Nc1cccc(C)c1C. The number of fused-ring (bicyclic) bond motifs is 1. The Hall–Kier alpha value is -3.67. The second-order valence-electron chi connectivity index (χ2n) is 7.22. The highest BCUT2D eigenvalue weighted by Crippen LogP contribution is 2.26. The average molecular weight is 418 g/mol. The first-order valence-electron chi connectivity index (χ1n) is 10.3. The van der Waals surface area contributed by atoms with E-state index < -0.39 is 0 Å². The number of amides is 2. The van der Waals surface area contributed by atoms with Crippen molar-refractivity contribution in [1.82, 2.24) is 5.43 Å². The number of ether oxygens (including phenoxy) is 1. The molecule has 0 aliphatic rings. The van der Waals surface area contributed by atoms with Crippen molar-refractivity contribution in [2.75, 3.05) is 11.9 Å². The van der Waals surface area contributed by atoms with Gasteiger partial charge in [-0.15, -0.1) is 0 Å². The Morgan fingerprint density at radius 1 is 0.968 bits per heavy atom. The highest BCUT2D eigenvalue weighted by atomic mass is 16.5. The van der Waals surface area contributed by atoms with Crippen LogP contribution in [0, 0.1) is 13.8 Å². The number of carbonyl (C=O) groups excluding carboxylic acids is 2. The van der Waals surface area contributed by atoms with Crippen LogP contribution in [0.15, 0.2) is 59.7 Å². The molecule has 3 rings (SSSR count). The summed E-state index contributed by atoms with van der Waals surface area (Å²) in [6.07, 6.45) is 1.70. The van der Waals surface area contributed by atoms with Gasteiger partial charge in [0.15, 0.2) is 0 Å². The molecule has 3 aromatic carbocycles. The van der Waals surface area contributed by atoms with Crippen LogP contribution < -0.4 is 15.5 Å². The molecule has 0 heterocycles. The maximum atomic E-state index is 12.2. The van der Waals surface area contributed by atoms with Gasteiger partial charge in [-0.3, -0.25) is 9.59 Å². The summed E-state index contributed by atoms with van der Waals surface area (Å²) in [5.74, 6) is 0.165. The molecule has 2 N–H and O–H groups in total. The van der Waals surface area contributed by atoms with E-state index in [2.05, 4.69) is 15.8 Å². The summed E-state index contributed by atoms with van der Waals surface area (Å²) in [7, 11) is 0. The second kappa shape index (κ2) is 10.4. The lowest BCUT2D eigenvalue weighted by Gasteiger charge is -2.10. The van der Waals surface area contributed by atoms with Crippen molar-refractivity contribution in [2.24, 2.45) is 5.10 Å². The Kier molecular flexibility index (Phi) is 7.38. The van der Waals surface area contributed by atoms with Crippen LogP contribution in [0.25, 0.3) is 10.8 Å². The number of hydrazone groups is 1. The Balaban J connectivity index is 1.59. The van der Waals surface area contributed by atoms with Crippen molar-refractivity contribution in [3.05, 3.63) is 71.3 Å². The fourth-order valence-corrected chi connectivity index (χ4v) is 3.24. The summed E-state index contributed by atoms with van der Waals surface area (Å²) >= 11 is 0. The highest BCUT2D eigenvalue weighted by molar-refractivity contribution is 6.02. The van der Waals surface area contributed by atoms with Crippen LogP contribution in [-0.4, -0.2) is 24.6 Å². The molecule has 0 aliphatic heterocycles. The van der Waals surface area contributed by atoms with Gasteiger partial charge in [0, 0.05) is 24.1 Å². The highest BCUT2D eigenvalue weighted by Gasteiger charge is 2.10. The minimum absolute atomic E-state index is 0.0435. The molecule has 2 amide bonds. The number of rotatable bonds is 8. The van der Waals surface area contributed by atoms with Gasteiger partial charge in [0.05, 0.1) is 12.8 Å². The molecule has 0 saturated heterocycles. The summed E-state index contributed by atoms with van der Waals surface area (Å²) in [4.78, 5) is 24.3. The smallest absolute Gasteiger partial charge is 0.240 e. The molecule has 6 nitrogen and oxygen atoms in total. The normalized spacial score (nSPS) is 10.9. The number of hydrogen-bond donors (Lipinski definition) is 2. The van der Waals surface area contributed by atoms with Crippen molar-refractivity contribution in [1.29, 1.82) is 0 Å². The molecular formula is C25H27N3O3. The second-order valence-corrected chi connectivity index (χ2v) is 7.22. The van der Waals surface area contributed by atoms with E-state index >= 15 is 0 Å². The molecule has 0 aliphatic carbocycles. The first-order chi connectivity index (χ1) is 15.0. The number of nitrogens with one attached hydrogen (secondary N) is 2. The number of hydrogen-bond acceptors (Lipinski definition) is 4. The van der Waals surface area contributed by atoms with Crippen molar-refractivity contribution in [3.63, 3.8) is 0 Å². The lowest BCUT2D eigenvalue weighted by atomic mass is 10.0. The van der Waals surface area contributed by atoms with Crippen LogP contribution in [-0.2, 0) is 9.59 Å². The van der Waals surface area contributed by atoms with E-state index in [0.29, 0.717) is 12.4 Å². The van der Waals surface area contributed by atoms with E-state index in [1.807, 2.05) is 75.4 Å². The van der Waals surface area contributed by atoms with E-state index in [9.17, 15) is 9.59 Å². The first-order valence-corrected chi connectivity index (χ1v) is 10.3. The van der Waals surface area contributed by atoms with Gasteiger partial charge in [-0.25, -0.2) is 5.43 Å². The Labute approximate surface area is 182 Å². The van der Waals surface area contributed by atoms with Crippen molar-refractivity contribution in [3.8, 4) is 5.75 Å². The fraction of sp³-hybridized carbons (Fsp3) is 0.240. The molecule has 0 unspecified atom stereocenters. The van der Waals surface area contributed by atoms with Crippen LogP contribution in [0.3, 0.4) is 0 Å². The Morgan fingerprint density at radius 2 is 1.74 bits per heavy atom. The van der Waals surface area contributed by atoms with Gasteiger partial charge in [-0.2, -0.15) is 5.10 Å². The molecule has 0 fully saturated rings. The molecule has 0 radical (unpaired) electrons. The molecule has 0 aromatic heterocycles. The van der Waals surface area contributed by atoms with Crippen LogP contribution in [0.2, 0.25) is 0 Å². The molecule has 3 aromatic rings. The van der Waals surface area contributed by atoms with Gasteiger partial charge in [0.25, 0.3) is 0 Å². The Morgan fingerprint density at radius 3 is 2.55 bits per heavy atom. The number of nitrogens with zero attached hydrogens (tertiary/aromatic N) is 1. The molecule has 160 valence electrons. The molecule has 0 saturated carbocycles. The van der Waals surface area contributed by atoms with Gasteiger partial charge in [0.2, 0.25) is 11.8 Å². The number of anilines is 1. The minimum atomic E-state index is -0.328. The van der Waals surface area contributed by atoms with E-state index in [1.54, 1.807) is 6.21 Å². The largest absolute Gasteiger partial charge is 0.493 e. The van der Waals surface area contributed by atoms with Gasteiger partial charge in [0.1, 0.15) is 5.75 Å².